The van der Waals surface area contributed by atoms with Crippen LogP contribution in [0.15, 0.2) is 18.2 Å². The fourth-order valence-corrected chi connectivity index (χ4v) is 2.74. The highest BCUT2D eigenvalue weighted by atomic mass is 16.5. The molecule has 1 aromatic carbocycles. The first kappa shape index (κ1) is 14.0. The summed E-state index contributed by atoms with van der Waals surface area (Å²) in [6.45, 7) is 1.52. The summed E-state index contributed by atoms with van der Waals surface area (Å²) in [6.07, 6.45) is 0.477. The number of nitrogens with zero attached hydrogens (tertiary/aromatic N) is 2. The van der Waals surface area contributed by atoms with Crippen molar-refractivity contribution in [1.29, 1.82) is 0 Å². The number of ether oxygens (including phenoxy) is 1. The van der Waals surface area contributed by atoms with Crippen LogP contribution in [0.4, 0.5) is 11.4 Å². The zero-order valence-corrected chi connectivity index (χ0v) is 11.8. The van der Waals surface area contributed by atoms with E-state index in [1.165, 1.54) is 0 Å². The number of anilines is 2. The van der Waals surface area contributed by atoms with Gasteiger partial charge in [-0.25, -0.2) is 0 Å². The number of methoxy groups -OCH3 is 1. The molecule has 0 amide bonds. The largest absolute Gasteiger partial charge is 0.495 e. The van der Waals surface area contributed by atoms with Crippen LogP contribution < -0.4 is 15.4 Å². The molecule has 5 heteroatoms. The summed E-state index contributed by atoms with van der Waals surface area (Å²) in [6, 6.07) is 6.05. The number of nitrogens with two attached hydrogens (primary N) is 1. The minimum absolute atomic E-state index is 0.277. The summed E-state index contributed by atoms with van der Waals surface area (Å²) < 4.78 is 5.26. The monoisotopic (exact) mass is 265 g/mol. The molecule has 0 saturated carbocycles. The second-order valence-electron chi connectivity index (χ2n) is 5.35. The molecule has 0 radical (unpaired) electrons. The molecule has 1 fully saturated rings. The highest BCUT2D eigenvalue weighted by Gasteiger charge is 2.32. The molecule has 3 N–H and O–H groups in total. The van der Waals surface area contributed by atoms with Crippen molar-refractivity contribution in [3.05, 3.63) is 18.2 Å². The number of hydrogen-bond acceptors (Lipinski definition) is 5. The van der Waals surface area contributed by atoms with Gasteiger partial charge in [-0.05, 0) is 32.6 Å². The first-order valence-corrected chi connectivity index (χ1v) is 6.54. The van der Waals surface area contributed by atoms with Crippen molar-refractivity contribution < 1.29 is 9.84 Å². The Labute approximate surface area is 114 Å². The zero-order chi connectivity index (χ0) is 14.0. The van der Waals surface area contributed by atoms with Crippen molar-refractivity contribution in [2.45, 2.75) is 18.6 Å². The Morgan fingerprint density at radius 2 is 2.21 bits per heavy atom. The molecule has 106 valence electrons. The fraction of sp³-hybridized carbons (Fsp3) is 0.571. The van der Waals surface area contributed by atoms with Gasteiger partial charge in [-0.1, -0.05) is 6.07 Å². The van der Waals surface area contributed by atoms with Gasteiger partial charge in [0.05, 0.1) is 24.6 Å². The molecule has 1 aliphatic heterocycles. The average molecular weight is 265 g/mol. The SMILES string of the molecule is COc1cccc(N2CC(O)CC2CN(C)C)c1N. The van der Waals surface area contributed by atoms with Gasteiger partial charge in [-0.2, -0.15) is 0 Å². The molecule has 1 saturated heterocycles. The maximum absolute atomic E-state index is 9.93. The predicted octanol–water partition coefficient (Wildman–Crippen LogP) is 0.779. The lowest BCUT2D eigenvalue weighted by molar-refractivity contribution is 0.191. The van der Waals surface area contributed by atoms with Gasteiger partial charge in [0.25, 0.3) is 0 Å². The van der Waals surface area contributed by atoms with Crippen LogP contribution in [0.25, 0.3) is 0 Å². The molecule has 1 aliphatic rings. The van der Waals surface area contributed by atoms with E-state index in [1.54, 1.807) is 7.11 Å². The second-order valence-corrected chi connectivity index (χ2v) is 5.35. The van der Waals surface area contributed by atoms with Crippen molar-refractivity contribution >= 4 is 11.4 Å². The van der Waals surface area contributed by atoms with Gasteiger partial charge in [0.15, 0.2) is 0 Å². The first-order chi connectivity index (χ1) is 9.02. The van der Waals surface area contributed by atoms with Crippen LogP contribution in [0, 0.1) is 0 Å². The minimum atomic E-state index is -0.296. The predicted molar refractivity (Wildman–Crippen MR) is 77.7 cm³/mol. The molecule has 0 aliphatic carbocycles. The van der Waals surface area contributed by atoms with Crippen molar-refractivity contribution in [3.63, 3.8) is 0 Å². The topological polar surface area (TPSA) is 62.0 Å². The van der Waals surface area contributed by atoms with Crippen molar-refractivity contribution in [1.82, 2.24) is 4.90 Å². The van der Waals surface area contributed by atoms with Crippen molar-refractivity contribution in [2.24, 2.45) is 0 Å². The number of benzene rings is 1. The van der Waals surface area contributed by atoms with Crippen LogP contribution in [0.5, 0.6) is 5.75 Å². The molecule has 2 atom stereocenters. The molecule has 1 aromatic rings. The summed E-state index contributed by atoms with van der Waals surface area (Å²) in [4.78, 5) is 4.31. The van der Waals surface area contributed by atoms with Gasteiger partial charge in [-0.15, -0.1) is 0 Å². The Kier molecular flexibility index (Phi) is 4.17. The van der Waals surface area contributed by atoms with Gasteiger partial charge in [0, 0.05) is 19.1 Å². The molecule has 0 spiro atoms. The second kappa shape index (κ2) is 5.67. The smallest absolute Gasteiger partial charge is 0.143 e. The molecule has 5 nitrogen and oxygen atoms in total. The highest BCUT2D eigenvalue weighted by Crippen LogP contribution is 2.36. The number of aliphatic hydroxyl groups excluding tert-OH is 1. The number of para-hydroxylation sites is 1. The number of aliphatic hydroxyl groups is 1. The van der Waals surface area contributed by atoms with Crippen LogP contribution in [0.3, 0.4) is 0 Å². The quantitative estimate of drug-likeness (QED) is 0.788. The number of hydrogen-bond donors (Lipinski definition) is 2. The zero-order valence-electron chi connectivity index (χ0n) is 11.8. The van der Waals surface area contributed by atoms with Crippen molar-refractivity contribution in [2.75, 3.05) is 44.9 Å². The number of β-amino-alcohol motifs (C(OH)–C–C–N with tert-alkyl or cyclic N) is 1. The lowest BCUT2D eigenvalue weighted by atomic mass is 10.1. The molecular formula is C14H23N3O2. The van der Waals surface area contributed by atoms with E-state index in [2.05, 4.69) is 9.80 Å². The number of nitrogen functional groups attached to an aromatic ring is 1. The van der Waals surface area contributed by atoms with Gasteiger partial charge in [0.1, 0.15) is 5.75 Å². The summed E-state index contributed by atoms with van der Waals surface area (Å²) in [5.74, 6) is 0.683. The van der Waals surface area contributed by atoms with E-state index in [1.807, 2.05) is 32.3 Å². The Morgan fingerprint density at radius 3 is 2.84 bits per heavy atom. The van der Waals surface area contributed by atoms with Gasteiger partial charge >= 0.3 is 0 Å². The Bertz CT molecular complexity index is 437. The van der Waals surface area contributed by atoms with Crippen LogP contribution in [0.1, 0.15) is 6.42 Å². The molecule has 1 heterocycles. The van der Waals surface area contributed by atoms with E-state index >= 15 is 0 Å². The van der Waals surface area contributed by atoms with Crippen LogP contribution >= 0.6 is 0 Å². The van der Waals surface area contributed by atoms with Crippen LogP contribution in [-0.2, 0) is 0 Å². The normalized spacial score (nSPS) is 23.1. The molecule has 2 unspecified atom stereocenters. The molecule has 0 aromatic heterocycles. The fourth-order valence-electron chi connectivity index (χ4n) is 2.74. The standard InChI is InChI=1S/C14H23N3O2/c1-16(2)8-10-7-11(18)9-17(10)12-5-4-6-13(19-3)14(12)15/h4-6,10-11,18H,7-9,15H2,1-3H3. The van der Waals surface area contributed by atoms with Gasteiger partial charge in [-0.3, -0.25) is 0 Å². The van der Waals surface area contributed by atoms with Crippen molar-refractivity contribution in [3.8, 4) is 5.75 Å². The highest BCUT2D eigenvalue weighted by molar-refractivity contribution is 5.74. The number of likely N-dealkylation sites (N-methyl/N-ethyl adjacent to an activating group) is 1. The average Bonchev–Trinajstić information content (AvgIpc) is 2.69. The third-order valence-electron chi connectivity index (χ3n) is 3.54. The number of rotatable bonds is 4. The molecular weight excluding hydrogens is 242 g/mol. The van der Waals surface area contributed by atoms with E-state index in [4.69, 9.17) is 10.5 Å². The summed E-state index contributed by atoms with van der Waals surface area (Å²) in [7, 11) is 5.70. The van der Waals surface area contributed by atoms with Gasteiger partial charge < -0.3 is 25.4 Å². The maximum atomic E-state index is 9.93. The van der Waals surface area contributed by atoms with E-state index < -0.39 is 0 Å². The maximum Gasteiger partial charge on any atom is 0.143 e. The molecule has 2 rings (SSSR count). The minimum Gasteiger partial charge on any atom is -0.495 e. The van der Waals surface area contributed by atoms with E-state index in [0.717, 1.165) is 18.7 Å². The first-order valence-electron chi connectivity index (χ1n) is 6.54. The van der Waals surface area contributed by atoms with E-state index in [0.29, 0.717) is 18.0 Å². The van der Waals surface area contributed by atoms with E-state index in [-0.39, 0.29) is 12.1 Å². The summed E-state index contributed by atoms with van der Waals surface area (Å²) in [5.41, 5.74) is 7.74. The third-order valence-corrected chi connectivity index (χ3v) is 3.54. The summed E-state index contributed by atoms with van der Waals surface area (Å²) in [5, 5.41) is 9.93. The van der Waals surface area contributed by atoms with Crippen LogP contribution in [0.2, 0.25) is 0 Å². The lowest BCUT2D eigenvalue weighted by Crippen LogP contribution is -2.38. The Balaban J connectivity index is 2.28. The molecule has 19 heavy (non-hydrogen) atoms. The van der Waals surface area contributed by atoms with Gasteiger partial charge in [0.2, 0.25) is 0 Å². The molecule has 0 bridgehead atoms. The Hall–Kier alpha value is -1.46. The summed E-state index contributed by atoms with van der Waals surface area (Å²) >= 11 is 0. The Morgan fingerprint density at radius 1 is 1.47 bits per heavy atom. The van der Waals surface area contributed by atoms with E-state index in [9.17, 15) is 5.11 Å². The lowest BCUT2D eigenvalue weighted by Gasteiger charge is -2.30. The third kappa shape index (κ3) is 2.93. The van der Waals surface area contributed by atoms with Crippen LogP contribution in [-0.4, -0.2) is 56.4 Å².